The van der Waals surface area contributed by atoms with Gasteiger partial charge in [0.15, 0.2) is 5.15 Å². The Bertz CT molecular complexity index is 838. The Labute approximate surface area is 157 Å². The van der Waals surface area contributed by atoms with Gasteiger partial charge in [-0.3, -0.25) is 4.79 Å². The zero-order chi connectivity index (χ0) is 18.7. The number of hydrogen-bond donors (Lipinski definition) is 1. The largest absolute Gasteiger partial charge is 0.435 e. The molecule has 1 amide bonds. The number of nitrogens with one attached hydrogen (secondary N) is 1. The van der Waals surface area contributed by atoms with Crippen LogP contribution < -0.4 is 15.0 Å². The minimum atomic E-state index is -2.90. The highest BCUT2D eigenvalue weighted by Gasteiger charge is 2.31. The lowest BCUT2D eigenvalue weighted by molar-refractivity contribution is -0.120. The highest BCUT2D eigenvalue weighted by atomic mass is 35.5. The molecule has 0 bridgehead atoms. The van der Waals surface area contributed by atoms with E-state index >= 15 is 0 Å². The first-order chi connectivity index (χ1) is 12.5. The van der Waals surface area contributed by atoms with Gasteiger partial charge in [0.05, 0.1) is 0 Å². The van der Waals surface area contributed by atoms with Gasteiger partial charge < -0.3 is 15.0 Å². The number of ether oxygens (including phenoxy) is 1. The van der Waals surface area contributed by atoms with Crippen LogP contribution in [0.3, 0.4) is 0 Å². The van der Waals surface area contributed by atoms with Crippen molar-refractivity contribution in [2.24, 2.45) is 0 Å². The van der Waals surface area contributed by atoms with Crippen molar-refractivity contribution in [2.75, 3.05) is 16.8 Å². The molecule has 136 valence electrons. The van der Waals surface area contributed by atoms with Crippen LogP contribution in [0.25, 0.3) is 0 Å². The second-order valence-electron chi connectivity index (χ2n) is 5.49. The first-order valence-corrected chi connectivity index (χ1v) is 8.83. The van der Waals surface area contributed by atoms with Gasteiger partial charge in [0, 0.05) is 12.2 Å². The van der Waals surface area contributed by atoms with E-state index in [2.05, 4.69) is 14.4 Å². The number of nitrogens with zero attached hydrogens (tertiary/aromatic N) is 3. The third kappa shape index (κ3) is 3.86. The first-order valence-electron chi connectivity index (χ1n) is 7.67. The number of halogens is 3. The molecule has 3 rings (SSSR count). The van der Waals surface area contributed by atoms with Crippen molar-refractivity contribution >= 4 is 39.7 Å². The molecule has 2 aromatic rings. The molecule has 1 aromatic heterocycles. The molecule has 1 aromatic carbocycles. The van der Waals surface area contributed by atoms with E-state index in [-0.39, 0.29) is 22.4 Å². The van der Waals surface area contributed by atoms with Crippen LogP contribution in [0.5, 0.6) is 5.75 Å². The molecule has 0 saturated carbocycles. The minimum Gasteiger partial charge on any atom is -0.435 e. The number of hydrogen-bond acceptors (Lipinski definition) is 6. The van der Waals surface area contributed by atoms with Gasteiger partial charge in [-0.1, -0.05) is 11.6 Å². The van der Waals surface area contributed by atoms with Crippen LogP contribution in [0, 0.1) is 11.3 Å². The van der Waals surface area contributed by atoms with E-state index in [9.17, 15) is 13.6 Å². The molecular formula is C16H13ClF2N4O2S. The molecule has 26 heavy (non-hydrogen) atoms. The lowest BCUT2D eigenvalue weighted by Gasteiger charge is -2.32. The van der Waals surface area contributed by atoms with E-state index < -0.39 is 12.7 Å². The van der Waals surface area contributed by atoms with Crippen LogP contribution in [0.4, 0.5) is 19.5 Å². The van der Waals surface area contributed by atoms with Crippen LogP contribution >= 0.6 is 23.1 Å². The van der Waals surface area contributed by atoms with Crippen LogP contribution in [0.1, 0.15) is 18.4 Å². The zero-order valence-corrected chi connectivity index (χ0v) is 14.9. The number of carbonyl (C=O) groups is 1. The van der Waals surface area contributed by atoms with E-state index in [0.717, 1.165) is 18.0 Å². The molecule has 0 aliphatic carbocycles. The highest BCUT2D eigenvalue weighted by Crippen LogP contribution is 2.31. The van der Waals surface area contributed by atoms with Crippen LogP contribution in [0.15, 0.2) is 24.3 Å². The predicted molar refractivity (Wildman–Crippen MR) is 93.9 cm³/mol. The number of rotatable bonds is 5. The Hall–Kier alpha value is -2.44. The maximum absolute atomic E-state index is 12.8. The van der Waals surface area contributed by atoms with Crippen molar-refractivity contribution in [3.05, 3.63) is 35.0 Å². The van der Waals surface area contributed by atoms with Crippen molar-refractivity contribution in [3.8, 4) is 11.8 Å². The van der Waals surface area contributed by atoms with Crippen molar-refractivity contribution in [3.63, 3.8) is 0 Å². The molecule has 1 atom stereocenters. The number of nitriles is 1. The highest BCUT2D eigenvalue weighted by molar-refractivity contribution is 7.10. The Morgan fingerprint density at radius 2 is 2.15 bits per heavy atom. The molecule has 1 aliphatic rings. The number of piperidine rings is 1. The number of aromatic nitrogens is 1. The summed E-state index contributed by atoms with van der Waals surface area (Å²) < 4.78 is 32.7. The molecule has 2 heterocycles. The smallest absolute Gasteiger partial charge is 0.387 e. The van der Waals surface area contributed by atoms with Gasteiger partial charge in [0.2, 0.25) is 5.91 Å². The van der Waals surface area contributed by atoms with Gasteiger partial charge in [-0.2, -0.15) is 18.4 Å². The number of carbonyl (C=O) groups excluding carboxylic acids is 1. The number of benzene rings is 1. The number of alkyl halides is 2. The standard InChI is InChI=1S/C16H13ClF2N4O2S/c17-13-11(8-20)14(26-22-13)21-12-2-1-7-23(15(12)24)9-3-5-10(6-4-9)25-16(18)19/h3-6,12,16,21H,1-2,7H2. The fourth-order valence-electron chi connectivity index (χ4n) is 2.70. The fraction of sp³-hybridized carbons (Fsp3) is 0.312. The summed E-state index contributed by atoms with van der Waals surface area (Å²) in [5, 5.41) is 12.7. The maximum atomic E-state index is 12.8. The van der Waals surface area contributed by atoms with E-state index in [4.69, 9.17) is 16.9 Å². The molecule has 1 aliphatic heterocycles. The maximum Gasteiger partial charge on any atom is 0.387 e. The molecular weight excluding hydrogens is 386 g/mol. The lowest BCUT2D eigenvalue weighted by Crippen LogP contribution is -2.47. The predicted octanol–water partition coefficient (Wildman–Crippen LogP) is 3.88. The van der Waals surface area contributed by atoms with E-state index in [0.29, 0.717) is 23.7 Å². The van der Waals surface area contributed by atoms with E-state index in [1.54, 1.807) is 17.0 Å². The van der Waals surface area contributed by atoms with Crippen molar-refractivity contribution < 1.29 is 18.3 Å². The van der Waals surface area contributed by atoms with E-state index in [1.165, 1.54) is 12.1 Å². The average molecular weight is 399 g/mol. The monoisotopic (exact) mass is 398 g/mol. The van der Waals surface area contributed by atoms with Gasteiger partial charge in [-0.15, -0.1) is 0 Å². The van der Waals surface area contributed by atoms with Crippen molar-refractivity contribution in [2.45, 2.75) is 25.5 Å². The number of anilines is 2. The Balaban J connectivity index is 1.74. The second-order valence-corrected chi connectivity index (χ2v) is 6.62. The molecule has 10 heteroatoms. The molecule has 0 spiro atoms. The fourth-order valence-corrected chi connectivity index (χ4v) is 3.69. The second kappa shape index (κ2) is 7.85. The van der Waals surface area contributed by atoms with Gasteiger partial charge in [0.25, 0.3) is 0 Å². The Kier molecular flexibility index (Phi) is 5.54. The first kappa shape index (κ1) is 18.4. The molecule has 0 radical (unpaired) electrons. The summed E-state index contributed by atoms with van der Waals surface area (Å²) in [6.07, 6.45) is 1.34. The normalized spacial score (nSPS) is 17.3. The van der Waals surface area contributed by atoms with Gasteiger partial charge in [-0.05, 0) is 48.6 Å². The molecule has 1 N–H and O–H groups in total. The molecule has 6 nitrogen and oxygen atoms in total. The van der Waals surface area contributed by atoms with Crippen LogP contribution in [-0.2, 0) is 4.79 Å². The molecule has 1 fully saturated rings. The molecule has 1 saturated heterocycles. The van der Waals surface area contributed by atoms with Crippen molar-refractivity contribution in [1.82, 2.24) is 4.37 Å². The van der Waals surface area contributed by atoms with Crippen LogP contribution in [0.2, 0.25) is 5.15 Å². The Morgan fingerprint density at radius 1 is 1.42 bits per heavy atom. The summed E-state index contributed by atoms with van der Waals surface area (Å²) in [6.45, 7) is -2.38. The quantitative estimate of drug-likeness (QED) is 0.827. The summed E-state index contributed by atoms with van der Waals surface area (Å²) in [7, 11) is 0. The Morgan fingerprint density at radius 3 is 2.81 bits per heavy atom. The summed E-state index contributed by atoms with van der Waals surface area (Å²) >= 11 is 6.88. The third-order valence-electron chi connectivity index (χ3n) is 3.88. The van der Waals surface area contributed by atoms with Crippen molar-refractivity contribution in [1.29, 1.82) is 5.26 Å². The SMILES string of the molecule is N#Cc1c(Cl)nsc1NC1CCCN(c2ccc(OC(F)F)cc2)C1=O. The topological polar surface area (TPSA) is 78.2 Å². The number of amides is 1. The summed E-state index contributed by atoms with van der Waals surface area (Å²) in [4.78, 5) is 14.4. The zero-order valence-electron chi connectivity index (χ0n) is 13.3. The van der Waals surface area contributed by atoms with Gasteiger partial charge in [0.1, 0.15) is 28.4 Å². The minimum absolute atomic E-state index is 0.0286. The van der Waals surface area contributed by atoms with Gasteiger partial charge >= 0.3 is 6.61 Å². The van der Waals surface area contributed by atoms with Crippen LogP contribution in [-0.4, -0.2) is 29.5 Å². The summed E-state index contributed by atoms with van der Waals surface area (Å²) in [5.41, 5.74) is 0.807. The van der Waals surface area contributed by atoms with E-state index in [1.807, 2.05) is 6.07 Å². The lowest BCUT2D eigenvalue weighted by atomic mass is 10.0. The third-order valence-corrected chi connectivity index (χ3v) is 5.03. The summed E-state index contributed by atoms with van der Waals surface area (Å²) in [5.74, 6) is -0.145. The summed E-state index contributed by atoms with van der Waals surface area (Å²) in [6, 6.07) is 7.34. The molecule has 1 unspecified atom stereocenters. The average Bonchev–Trinajstić information content (AvgIpc) is 2.96. The van der Waals surface area contributed by atoms with Gasteiger partial charge in [-0.25, -0.2) is 0 Å².